The summed E-state index contributed by atoms with van der Waals surface area (Å²) in [4.78, 5) is 0. The maximum absolute atomic E-state index is 6.23. The van der Waals surface area contributed by atoms with Crippen LogP contribution in [0.1, 0.15) is 0 Å². The van der Waals surface area contributed by atoms with Crippen LogP contribution >= 0.6 is 0 Å². The highest BCUT2D eigenvalue weighted by molar-refractivity contribution is 6.72. The lowest BCUT2D eigenvalue weighted by molar-refractivity contribution is 0.490. The SMILES string of the molecule is C[SiH](C)c1ccccc1Oc1ccccc1[SiH](C)C. The highest BCUT2D eigenvalue weighted by Crippen LogP contribution is 2.19. The van der Waals surface area contributed by atoms with Crippen molar-refractivity contribution in [2.75, 3.05) is 0 Å². The molecule has 0 amide bonds. The van der Waals surface area contributed by atoms with E-state index in [-0.39, 0.29) is 0 Å². The Labute approximate surface area is 119 Å². The summed E-state index contributed by atoms with van der Waals surface area (Å²) < 4.78 is 6.23. The van der Waals surface area contributed by atoms with Gasteiger partial charge in [0.05, 0.1) is 17.6 Å². The fraction of sp³-hybridized carbons (Fsp3) is 0.250. The average Bonchev–Trinajstić information content (AvgIpc) is 2.39. The van der Waals surface area contributed by atoms with Gasteiger partial charge in [0.1, 0.15) is 11.5 Å². The molecule has 0 spiro atoms. The van der Waals surface area contributed by atoms with E-state index in [2.05, 4.69) is 74.7 Å². The highest BCUT2D eigenvalue weighted by Gasteiger charge is 2.12. The third-order valence-electron chi connectivity index (χ3n) is 3.30. The monoisotopic (exact) mass is 286 g/mol. The molecule has 0 N–H and O–H groups in total. The number of rotatable bonds is 4. The van der Waals surface area contributed by atoms with Gasteiger partial charge in [0, 0.05) is 0 Å². The van der Waals surface area contributed by atoms with E-state index in [0.717, 1.165) is 11.5 Å². The van der Waals surface area contributed by atoms with Crippen LogP contribution in [0.25, 0.3) is 0 Å². The molecule has 0 bridgehead atoms. The van der Waals surface area contributed by atoms with Gasteiger partial charge in [-0.15, -0.1) is 0 Å². The van der Waals surface area contributed by atoms with Crippen molar-refractivity contribution in [3.8, 4) is 11.5 Å². The van der Waals surface area contributed by atoms with Gasteiger partial charge in [-0.2, -0.15) is 0 Å². The number of ether oxygens (including phenoxy) is 1. The summed E-state index contributed by atoms with van der Waals surface area (Å²) in [7, 11) is -1.73. The van der Waals surface area contributed by atoms with Gasteiger partial charge in [-0.25, -0.2) is 0 Å². The summed E-state index contributed by atoms with van der Waals surface area (Å²) in [6.07, 6.45) is 0. The minimum absolute atomic E-state index is 0.863. The van der Waals surface area contributed by atoms with Crippen LogP contribution in [0, 0.1) is 0 Å². The van der Waals surface area contributed by atoms with E-state index in [1.165, 1.54) is 10.4 Å². The summed E-state index contributed by atoms with van der Waals surface area (Å²) >= 11 is 0. The molecular weight excluding hydrogens is 264 g/mol. The van der Waals surface area contributed by atoms with Crippen LogP contribution in [0.5, 0.6) is 11.5 Å². The van der Waals surface area contributed by atoms with E-state index < -0.39 is 17.6 Å². The van der Waals surface area contributed by atoms with Crippen molar-refractivity contribution in [3.05, 3.63) is 48.5 Å². The van der Waals surface area contributed by atoms with Crippen molar-refractivity contribution in [1.82, 2.24) is 0 Å². The summed E-state index contributed by atoms with van der Waals surface area (Å²) in [5.74, 6) is 2.09. The zero-order valence-electron chi connectivity index (χ0n) is 12.2. The average molecular weight is 287 g/mol. The predicted molar refractivity (Wildman–Crippen MR) is 90.0 cm³/mol. The molecule has 0 aliphatic rings. The van der Waals surface area contributed by atoms with Gasteiger partial charge in [0.25, 0.3) is 0 Å². The molecule has 2 aromatic rings. The summed E-state index contributed by atoms with van der Waals surface area (Å²) in [6, 6.07) is 17.0. The topological polar surface area (TPSA) is 9.23 Å². The van der Waals surface area contributed by atoms with Gasteiger partial charge in [0.15, 0.2) is 0 Å². The molecule has 2 rings (SSSR count). The van der Waals surface area contributed by atoms with Gasteiger partial charge in [-0.05, 0) is 22.5 Å². The standard InChI is InChI=1S/C16H22OSi2/c1-18(2)15-11-7-5-9-13(15)17-14-10-6-8-12-16(14)19(3)4/h5-12,18-19H,1-4H3. The largest absolute Gasteiger partial charge is 0.458 e. The van der Waals surface area contributed by atoms with Crippen LogP contribution < -0.4 is 15.1 Å². The van der Waals surface area contributed by atoms with Crippen molar-refractivity contribution >= 4 is 28.0 Å². The molecule has 1 nitrogen and oxygen atoms in total. The van der Waals surface area contributed by atoms with Crippen LogP contribution in [0.15, 0.2) is 48.5 Å². The fourth-order valence-corrected chi connectivity index (χ4v) is 4.66. The van der Waals surface area contributed by atoms with Crippen molar-refractivity contribution in [3.63, 3.8) is 0 Å². The first kappa shape index (κ1) is 14.1. The quantitative estimate of drug-likeness (QED) is 0.785. The lowest BCUT2D eigenvalue weighted by Gasteiger charge is -2.16. The van der Waals surface area contributed by atoms with Gasteiger partial charge in [0.2, 0.25) is 0 Å². The maximum atomic E-state index is 6.23. The van der Waals surface area contributed by atoms with E-state index in [9.17, 15) is 0 Å². The van der Waals surface area contributed by atoms with Crippen LogP contribution in [-0.2, 0) is 0 Å². The molecule has 2 aromatic carbocycles. The van der Waals surface area contributed by atoms with Crippen molar-refractivity contribution < 1.29 is 4.74 Å². The van der Waals surface area contributed by atoms with Crippen molar-refractivity contribution in [1.29, 1.82) is 0 Å². The minimum Gasteiger partial charge on any atom is -0.458 e. The Kier molecular flexibility index (Phi) is 4.61. The predicted octanol–water partition coefficient (Wildman–Crippen LogP) is 2.87. The normalized spacial score (nSPS) is 11.1. The molecular formula is C16H22OSi2. The summed E-state index contributed by atoms with van der Waals surface area (Å²) in [5, 5.41) is 2.81. The fourth-order valence-electron chi connectivity index (χ4n) is 2.22. The first-order valence-corrected chi connectivity index (χ1v) is 12.7. The second-order valence-corrected chi connectivity index (χ2v) is 11.3. The Morgan fingerprint density at radius 1 is 0.632 bits per heavy atom. The number of hydrogen-bond acceptors (Lipinski definition) is 1. The zero-order valence-corrected chi connectivity index (χ0v) is 14.5. The van der Waals surface area contributed by atoms with Crippen LogP contribution in [0.3, 0.4) is 0 Å². The lowest BCUT2D eigenvalue weighted by atomic mass is 10.3. The van der Waals surface area contributed by atoms with Crippen LogP contribution in [-0.4, -0.2) is 17.6 Å². The first-order chi connectivity index (χ1) is 9.09. The zero-order chi connectivity index (χ0) is 13.8. The van der Waals surface area contributed by atoms with Gasteiger partial charge in [-0.1, -0.05) is 62.6 Å². The second-order valence-electron chi connectivity index (χ2n) is 5.49. The van der Waals surface area contributed by atoms with E-state index in [4.69, 9.17) is 4.74 Å². The molecule has 0 radical (unpaired) electrons. The molecule has 0 fully saturated rings. The van der Waals surface area contributed by atoms with Crippen LogP contribution in [0.2, 0.25) is 26.2 Å². The molecule has 0 unspecified atom stereocenters. The van der Waals surface area contributed by atoms with E-state index in [1.54, 1.807) is 0 Å². The smallest absolute Gasteiger partial charge is 0.126 e. The molecule has 0 heterocycles. The molecule has 0 saturated heterocycles. The Balaban J connectivity index is 2.37. The van der Waals surface area contributed by atoms with E-state index >= 15 is 0 Å². The molecule has 0 aliphatic carbocycles. The maximum Gasteiger partial charge on any atom is 0.126 e. The summed E-state index contributed by atoms with van der Waals surface area (Å²) in [5.41, 5.74) is 0. The molecule has 0 aliphatic heterocycles. The summed E-state index contributed by atoms with van der Waals surface area (Å²) in [6.45, 7) is 9.35. The van der Waals surface area contributed by atoms with E-state index in [1.807, 2.05) is 0 Å². The lowest BCUT2D eigenvalue weighted by Crippen LogP contribution is -2.27. The van der Waals surface area contributed by atoms with Crippen LogP contribution in [0.4, 0.5) is 0 Å². The van der Waals surface area contributed by atoms with Crippen molar-refractivity contribution in [2.45, 2.75) is 26.2 Å². The molecule has 100 valence electrons. The third-order valence-corrected chi connectivity index (χ3v) is 6.74. The number of benzene rings is 2. The Hall–Kier alpha value is -1.33. The minimum atomic E-state index is -0.863. The molecule has 19 heavy (non-hydrogen) atoms. The molecule has 0 saturated carbocycles. The van der Waals surface area contributed by atoms with Gasteiger partial charge >= 0.3 is 0 Å². The highest BCUT2D eigenvalue weighted by atomic mass is 28.3. The van der Waals surface area contributed by atoms with Crippen molar-refractivity contribution in [2.24, 2.45) is 0 Å². The van der Waals surface area contributed by atoms with Gasteiger partial charge < -0.3 is 4.74 Å². The third kappa shape index (κ3) is 3.36. The molecule has 0 aromatic heterocycles. The number of hydrogen-bond donors (Lipinski definition) is 0. The second kappa shape index (κ2) is 6.21. The number of para-hydroxylation sites is 2. The Morgan fingerprint density at radius 2 is 1.00 bits per heavy atom. The molecule has 3 heteroatoms. The van der Waals surface area contributed by atoms with Gasteiger partial charge in [-0.3, -0.25) is 0 Å². The Morgan fingerprint density at radius 3 is 1.37 bits per heavy atom. The first-order valence-electron chi connectivity index (χ1n) is 6.95. The Bertz CT molecular complexity index is 500. The molecule has 0 atom stereocenters. The van der Waals surface area contributed by atoms with E-state index in [0.29, 0.717) is 0 Å².